The van der Waals surface area contributed by atoms with Crippen molar-refractivity contribution >= 4 is 37.5 Å². The first-order chi connectivity index (χ1) is 16.3. The highest BCUT2D eigenvalue weighted by molar-refractivity contribution is 7.89. The molecule has 2 atom stereocenters. The van der Waals surface area contributed by atoms with Crippen LogP contribution in [0.1, 0.15) is 54.4 Å². The number of para-hydroxylation sites is 1. The molecule has 2 aliphatic rings. The number of aromatic nitrogens is 1. The molecule has 1 aromatic heterocycles. The third-order valence-electron chi connectivity index (χ3n) is 7.00. The Hall–Kier alpha value is -2.29. The normalized spacial score (nSPS) is 22.8. The Bertz CT molecular complexity index is 1250. The van der Waals surface area contributed by atoms with Crippen LogP contribution in [0.25, 0.3) is 10.2 Å². The average Bonchev–Trinajstić information content (AvgIpc) is 3.27. The molecule has 0 aliphatic carbocycles. The maximum absolute atomic E-state index is 13.3. The first-order valence-corrected chi connectivity index (χ1v) is 14.3. The van der Waals surface area contributed by atoms with Crippen LogP contribution >= 0.6 is 11.3 Å². The molecule has 34 heavy (non-hydrogen) atoms. The fraction of sp³-hybridized carbons (Fsp3) is 0.462. The molecule has 0 unspecified atom stereocenters. The third kappa shape index (κ3) is 4.63. The van der Waals surface area contributed by atoms with Crippen molar-refractivity contribution in [3.63, 3.8) is 0 Å². The SMILES string of the molecule is C[C@H]1C[C@H](C)CN(S(=O)(=O)c2cccc(C(=O)N3CCC(c4nc5ccccc5s4)CC3)c2)C1. The summed E-state index contributed by atoms with van der Waals surface area (Å²) >= 11 is 1.74. The molecule has 0 N–H and O–H groups in total. The number of piperidine rings is 2. The second-order valence-corrected chi connectivity index (χ2v) is 12.9. The van der Waals surface area contributed by atoms with E-state index in [1.807, 2.05) is 23.1 Å². The minimum absolute atomic E-state index is 0.0971. The van der Waals surface area contributed by atoms with Crippen LogP contribution in [0.15, 0.2) is 53.4 Å². The molecule has 6 nitrogen and oxygen atoms in total. The number of carbonyl (C=O) groups is 1. The Labute approximate surface area is 205 Å². The van der Waals surface area contributed by atoms with Gasteiger partial charge in [0.1, 0.15) is 0 Å². The maximum Gasteiger partial charge on any atom is 0.253 e. The zero-order valence-corrected chi connectivity index (χ0v) is 21.3. The number of thiazole rings is 1. The van der Waals surface area contributed by atoms with E-state index in [4.69, 9.17) is 4.98 Å². The number of benzene rings is 2. The van der Waals surface area contributed by atoms with E-state index in [1.165, 1.54) is 4.70 Å². The minimum Gasteiger partial charge on any atom is -0.339 e. The maximum atomic E-state index is 13.3. The molecule has 0 spiro atoms. The van der Waals surface area contributed by atoms with Gasteiger partial charge in [-0.05, 0) is 61.4 Å². The summed E-state index contributed by atoms with van der Waals surface area (Å²) < 4.78 is 29.4. The van der Waals surface area contributed by atoms with Gasteiger partial charge in [-0.15, -0.1) is 11.3 Å². The quantitative estimate of drug-likeness (QED) is 0.510. The van der Waals surface area contributed by atoms with Crippen molar-refractivity contribution in [3.8, 4) is 0 Å². The number of hydrogen-bond acceptors (Lipinski definition) is 5. The Morgan fingerprint density at radius 2 is 1.71 bits per heavy atom. The Kier molecular flexibility index (Phi) is 6.48. The predicted octanol–water partition coefficient (Wildman–Crippen LogP) is 4.98. The van der Waals surface area contributed by atoms with Crippen molar-refractivity contribution in [2.45, 2.75) is 43.9 Å². The summed E-state index contributed by atoms with van der Waals surface area (Å²) in [5.41, 5.74) is 1.48. The zero-order chi connectivity index (χ0) is 23.9. The van der Waals surface area contributed by atoms with Gasteiger partial charge in [0.15, 0.2) is 0 Å². The van der Waals surface area contributed by atoms with Crippen LogP contribution in [0.3, 0.4) is 0 Å². The molecule has 0 bridgehead atoms. The Balaban J connectivity index is 1.28. The molecule has 2 fully saturated rings. The number of hydrogen-bond donors (Lipinski definition) is 0. The van der Waals surface area contributed by atoms with Gasteiger partial charge in [0.25, 0.3) is 5.91 Å². The zero-order valence-electron chi connectivity index (χ0n) is 19.7. The summed E-state index contributed by atoms with van der Waals surface area (Å²) in [6.07, 6.45) is 2.78. The number of likely N-dealkylation sites (tertiary alicyclic amines) is 1. The monoisotopic (exact) mass is 497 g/mol. The van der Waals surface area contributed by atoms with E-state index in [9.17, 15) is 13.2 Å². The first kappa shape index (κ1) is 23.5. The summed E-state index contributed by atoms with van der Waals surface area (Å²) in [7, 11) is -3.62. The van der Waals surface area contributed by atoms with Crippen molar-refractivity contribution in [2.24, 2.45) is 11.8 Å². The average molecular weight is 498 g/mol. The van der Waals surface area contributed by atoms with Crippen LogP contribution in [-0.2, 0) is 10.0 Å². The molecule has 8 heteroatoms. The van der Waals surface area contributed by atoms with Crippen molar-refractivity contribution in [1.82, 2.24) is 14.2 Å². The summed E-state index contributed by atoms with van der Waals surface area (Å²) in [5.74, 6) is 0.927. The van der Waals surface area contributed by atoms with E-state index in [0.717, 1.165) is 29.8 Å². The van der Waals surface area contributed by atoms with Gasteiger partial charge < -0.3 is 4.90 Å². The van der Waals surface area contributed by atoms with Crippen LogP contribution in [-0.4, -0.2) is 54.7 Å². The number of rotatable bonds is 4. The first-order valence-electron chi connectivity index (χ1n) is 12.1. The number of amides is 1. The molecule has 2 saturated heterocycles. The fourth-order valence-electron chi connectivity index (χ4n) is 5.32. The summed E-state index contributed by atoms with van der Waals surface area (Å²) in [5, 5.41) is 1.14. The van der Waals surface area contributed by atoms with Crippen LogP contribution in [0.2, 0.25) is 0 Å². The summed E-state index contributed by atoms with van der Waals surface area (Å²) in [6.45, 7) is 6.55. The summed E-state index contributed by atoms with van der Waals surface area (Å²) in [4.78, 5) is 20.1. The molecular weight excluding hydrogens is 466 g/mol. The van der Waals surface area contributed by atoms with Gasteiger partial charge in [-0.25, -0.2) is 13.4 Å². The van der Waals surface area contributed by atoms with Crippen molar-refractivity contribution < 1.29 is 13.2 Å². The van der Waals surface area contributed by atoms with Crippen LogP contribution in [0.4, 0.5) is 0 Å². The standard InChI is InChI=1S/C26H31N3O3S2/c1-18-14-19(2)17-29(16-18)34(31,32)22-7-5-6-21(15-22)26(30)28-12-10-20(11-13-28)25-27-23-8-3-4-9-24(23)33-25/h3-9,15,18-20H,10-14,16-17H2,1-2H3/t18-,19-/m0/s1. The second kappa shape index (κ2) is 9.40. The lowest BCUT2D eigenvalue weighted by Gasteiger charge is -2.34. The lowest BCUT2D eigenvalue weighted by Crippen LogP contribution is -2.42. The molecule has 2 aromatic carbocycles. The van der Waals surface area contributed by atoms with Gasteiger partial charge in [0.05, 0.1) is 20.1 Å². The van der Waals surface area contributed by atoms with Gasteiger partial charge in [0, 0.05) is 37.7 Å². The van der Waals surface area contributed by atoms with Crippen LogP contribution in [0.5, 0.6) is 0 Å². The number of carbonyl (C=O) groups excluding carboxylic acids is 1. The number of nitrogens with zero attached hydrogens (tertiary/aromatic N) is 3. The second-order valence-electron chi connectivity index (χ2n) is 9.88. The van der Waals surface area contributed by atoms with Crippen molar-refractivity contribution in [2.75, 3.05) is 26.2 Å². The minimum atomic E-state index is -3.62. The van der Waals surface area contributed by atoms with E-state index in [2.05, 4.69) is 19.9 Å². The topological polar surface area (TPSA) is 70.6 Å². The van der Waals surface area contributed by atoms with Gasteiger partial charge in [-0.3, -0.25) is 4.79 Å². The molecule has 0 saturated carbocycles. The van der Waals surface area contributed by atoms with Gasteiger partial charge in [-0.2, -0.15) is 4.31 Å². The van der Waals surface area contributed by atoms with Crippen LogP contribution in [0, 0.1) is 11.8 Å². The molecule has 1 amide bonds. The molecule has 3 heterocycles. The number of sulfonamides is 1. The van der Waals surface area contributed by atoms with Crippen molar-refractivity contribution in [3.05, 3.63) is 59.1 Å². The number of fused-ring (bicyclic) bond motifs is 1. The molecule has 3 aromatic rings. The highest BCUT2D eigenvalue weighted by atomic mass is 32.2. The summed E-state index contributed by atoms with van der Waals surface area (Å²) in [6, 6.07) is 14.8. The molecule has 2 aliphatic heterocycles. The van der Waals surface area contributed by atoms with E-state index in [1.54, 1.807) is 39.9 Å². The lowest BCUT2D eigenvalue weighted by molar-refractivity contribution is 0.0712. The Morgan fingerprint density at radius 3 is 2.41 bits per heavy atom. The van der Waals surface area contributed by atoms with E-state index in [-0.39, 0.29) is 10.8 Å². The fourth-order valence-corrected chi connectivity index (χ4v) is 8.18. The molecule has 5 rings (SSSR count). The predicted molar refractivity (Wildman–Crippen MR) is 136 cm³/mol. The van der Waals surface area contributed by atoms with Gasteiger partial charge >= 0.3 is 0 Å². The Morgan fingerprint density at radius 1 is 1.00 bits per heavy atom. The van der Waals surface area contributed by atoms with E-state index < -0.39 is 10.0 Å². The largest absolute Gasteiger partial charge is 0.339 e. The highest BCUT2D eigenvalue weighted by Crippen LogP contribution is 2.34. The smallest absolute Gasteiger partial charge is 0.253 e. The highest BCUT2D eigenvalue weighted by Gasteiger charge is 2.32. The lowest BCUT2D eigenvalue weighted by atomic mass is 9.94. The molecule has 0 radical (unpaired) electrons. The van der Waals surface area contributed by atoms with E-state index >= 15 is 0 Å². The third-order valence-corrected chi connectivity index (χ3v) is 10.0. The van der Waals surface area contributed by atoms with Crippen molar-refractivity contribution in [1.29, 1.82) is 0 Å². The van der Waals surface area contributed by atoms with Gasteiger partial charge in [0.2, 0.25) is 10.0 Å². The van der Waals surface area contributed by atoms with E-state index in [0.29, 0.717) is 49.5 Å². The molecular formula is C26H31N3O3S2. The molecule has 180 valence electrons. The van der Waals surface area contributed by atoms with Gasteiger partial charge in [-0.1, -0.05) is 32.0 Å². The van der Waals surface area contributed by atoms with Crippen LogP contribution < -0.4 is 0 Å².